The van der Waals surface area contributed by atoms with Crippen LogP contribution >= 0.6 is 0 Å². The van der Waals surface area contributed by atoms with Crippen LogP contribution in [0.25, 0.3) is 0 Å². The maximum Gasteiger partial charge on any atom is 0.240 e. The number of piperazine rings is 1. The third-order valence-corrected chi connectivity index (χ3v) is 4.42. The third-order valence-electron chi connectivity index (χ3n) is 4.42. The van der Waals surface area contributed by atoms with Gasteiger partial charge < -0.3 is 10.2 Å². The van der Waals surface area contributed by atoms with Crippen LogP contribution < -0.4 is 5.32 Å². The Kier molecular flexibility index (Phi) is 5.01. The molecule has 2 saturated heterocycles. The van der Waals surface area contributed by atoms with Gasteiger partial charge in [0.25, 0.3) is 0 Å². The molecule has 0 bridgehead atoms. The number of hydrogen-bond donors (Lipinski definition) is 1. The molecule has 2 aliphatic heterocycles. The van der Waals surface area contributed by atoms with Crippen molar-refractivity contribution in [2.45, 2.75) is 51.6 Å². The second-order valence-corrected chi connectivity index (χ2v) is 5.44. The van der Waals surface area contributed by atoms with E-state index in [1.54, 1.807) is 0 Å². The van der Waals surface area contributed by atoms with E-state index in [-0.39, 0.29) is 6.04 Å². The van der Waals surface area contributed by atoms with Crippen LogP contribution in [-0.2, 0) is 4.79 Å². The van der Waals surface area contributed by atoms with E-state index in [0.717, 1.165) is 52.0 Å². The molecule has 0 aromatic rings. The molecule has 104 valence electrons. The van der Waals surface area contributed by atoms with Crippen LogP contribution in [0.2, 0.25) is 0 Å². The summed E-state index contributed by atoms with van der Waals surface area (Å²) in [4.78, 5) is 17.1. The average molecular weight is 253 g/mol. The van der Waals surface area contributed by atoms with Crippen molar-refractivity contribution in [2.75, 3.05) is 32.7 Å². The molecule has 4 heteroatoms. The highest BCUT2D eigenvalue weighted by Gasteiger charge is 2.36. The molecule has 0 spiro atoms. The Morgan fingerprint density at radius 3 is 2.50 bits per heavy atom. The molecule has 0 aromatic carbocycles. The zero-order valence-electron chi connectivity index (χ0n) is 11.8. The molecule has 2 heterocycles. The molecule has 0 saturated carbocycles. The van der Waals surface area contributed by atoms with Crippen molar-refractivity contribution in [3.8, 4) is 0 Å². The number of carbonyl (C=O) groups is 1. The number of rotatable bonds is 4. The molecular weight excluding hydrogens is 226 g/mol. The first kappa shape index (κ1) is 13.8. The highest BCUT2D eigenvalue weighted by molar-refractivity contribution is 5.82. The Morgan fingerprint density at radius 1 is 1.22 bits per heavy atom. The van der Waals surface area contributed by atoms with Crippen molar-refractivity contribution >= 4 is 5.91 Å². The van der Waals surface area contributed by atoms with Crippen LogP contribution in [0.3, 0.4) is 0 Å². The van der Waals surface area contributed by atoms with E-state index in [2.05, 4.69) is 29.0 Å². The van der Waals surface area contributed by atoms with Crippen LogP contribution in [-0.4, -0.2) is 60.5 Å². The lowest BCUT2D eigenvalue weighted by molar-refractivity contribution is -0.137. The summed E-state index contributed by atoms with van der Waals surface area (Å²) in [6.45, 7) is 9.23. The molecule has 18 heavy (non-hydrogen) atoms. The van der Waals surface area contributed by atoms with E-state index in [1.165, 1.54) is 6.42 Å². The standard InChI is InChI=1S/C14H27N3O/c1-3-12(4-2)17-9-5-6-13(17)14(18)16-10-7-15-8-11-16/h12-13,15H,3-11H2,1-2H3. The van der Waals surface area contributed by atoms with Crippen LogP contribution in [0.5, 0.6) is 0 Å². The van der Waals surface area contributed by atoms with Crippen LogP contribution in [0.4, 0.5) is 0 Å². The average Bonchev–Trinajstić information content (AvgIpc) is 2.90. The van der Waals surface area contributed by atoms with Crippen molar-refractivity contribution in [2.24, 2.45) is 0 Å². The highest BCUT2D eigenvalue weighted by atomic mass is 16.2. The summed E-state index contributed by atoms with van der Waals surface area (Å²) < 4.78 is 0. The minimum atomic E-state index is 0.160. The summed E-state index contributed by atoms with van der Waals surface area (Å²) in [5, 5.41) is 3.31. The molecule has 0 radical (unpaired) electrons. The lowest BCUT2D eigenvalue weighted by Gasteiger charge is -2.36. The smallest absolute Gasteiger partial charge is 0.240 e. The molecule has 1 atom stereocenters. The second kappa shape index (κ2) is 6.53. The summed E-state index contributed by atoms with van der Waals surface area (Å²) in [5.41, 5.74) is 0. The fourth-order valence-electron chi connectivity index (χ4n) is 3.34. The molecule has 2 rings (SSSR count). The van der Waals surface area contributed by atoms with Crippen LogP contribution in [0.15, 0.2) is 0 Å². The van der Waals surface area contributed by atoms with Gasteiger partial charge >= 0.3 is 0 Å². The SMILES string of the molecule is CCC(CC)N1CCCC1C(=O)N1CCNCC1. The number of carbonyl (C=O) groups excluding carboxylic acids is 1. The zero-order chi connectivity index (χ0) is 13.0. The summed E-state index contributed by atoms with van der Waals surface area (Å²) in [5.74, 6) is 0.376. The largest absolute Gasteiger partial charge is 0.339 e. The van der Waals surface area contributed by atoms with Crippen molar-refractivity contribution in [1.82, 2.24) is 15.1 Å². The summed E-state index contributed by atoms with van der Waals surface area (Å²) >= 11 is 0. The maximum absolute atomic E-state index is 12.6. The first-order chi connectivity index (χ1) is 8.77. The van der Waals surface area contributed by atoms with Gasteiger partial charge in [-0.3, -0.25) is 9.69 Å². The Bertz CT molecular complexity index is 272. The number of nitrogens with zero attached hydrogens (tertiary/aromatic N) is 2. The van der Waals surface area contributed by atoms with E-state index < -0.39 is 0 Å². The fraction of sp³-hybridized carbons (Fsp3) is 0.929. The molecule has 1 N–H and O–H groups in total. The topological polar surface area (TPSA) is 35.6 Å². The first-order valence-corrected chi connectivity index (χ1v) is 7.53. The normalized spacial score (nSPS) is 25.9. The van der Waals surface area contributed by atoms with E-state index >= 15 is 0 Å². The number of likely N-dealkylation sites (tertiary alicyclic amines) is 1. The van der Waals surface area contributed by atoms with E-state index in [1.807, 2.05) is 0 Å². The zero-order valence-corrected chi connectivity index (χ0v) is 11.8. The minimum absolute atomic E-state index is 0.160. The molecule has 1 unspecified atom stereocenters. The molecule has 0 aromatic heterocycles. The van der Waals surface area contributed by atoms with Crippen molar-refractivity contribution in [3.05, 3.63) is 0 Å². The third kappa shape index (κ3) is 2.86. The maximum atomic E-state index is 12.6. The predicted molar refractivity (Wildman–Crippen MR) is 73.5 cm³/mol. The summed E-state index contributed by atoms with van der Waals surface area (Å²) in [7, 11) is 0. The van der Waals surface area contributed by atoms with Gasteiger partial charge in [-0.2, -0.15) is 0 Å². The number of nitrogens with one attached hydrogen (secondary N) is 1. The molecule has 0 aliphatic carbocycles. The van der Waals surface area contributed by atoms with Crippen molar-refractivity contribution in [1.29, 1.82) is 0 Å². The number of amides is 1. The summed E-state index contributed by atoms with van der Waals surface area (Å²) in [6, 6.07) is 0.748. The van der Waals surface area contributed by atoms with E-state index in [0.29, 0.717) is 11.9 Å². The van der Waals surface area contributed by atoms with Crippen molar-refractivity contribution < 1.29 is 4.79 Å². The first-order valence-electron chi connectivity index (χ1n) is 7.53. The Labute approximate surface area is 111 Å². The van der Waals surface area contributed by atoms with Gasteiger partial charge in [-0.15, -0.1) is 0 Å². The predicted octanol–water partition coefficient (Wildman–Crippen LogP) is 1.07. The van der Waals surface area contributed by atoms with Gasteiger partial charge in [0, 0.05) is 32.2 Å². The highest BCUT2D eigenvalue weighted by Crippen LogP contribution is 2.24. The van der Waals surface area contributed by atoms with Gasteiger partial charge in [-0.1, -0.05) is 13.8 Å². The van der Waals surface area contributed by atoms with E-state index in [4.69, 9.17) is 0 Å². The van der Waals surface area contributed by atoms with Gasteiger partial charge in [0.05, 0.1) is 6.04 Å². The van der Waals surface area contributed by atoms with Crippen LogP contribution in [0, 0.1) is 0 Å². The molecular formula is C14H27N3O. The quantitative estimate of drug-likeness (QED) is 0.814. The Morgan fingerprint density at radius 2 is 1.89 bits per heavy atom. The fourth-order valence-corrected chi connectivity index (χ4v) is 3.34. The van der Waals surface area contributed by atoms with Crippen molar-refractivity contribution in [3.63, 3.8) is 0 Å². The monoisotopic (exact) mass is 253 g/mol. The van der Waals surface area contributed by atoms with E-state index in [9.17, 15) is 4.79 Å². The van der Waals surface area contributed by atoms with Gasteiger partial charge in [0.15, 0.2) is 0 Å². The second-order valence-electron chi connectivity index (χ2n) is 5.44. The van der Waals surface area contributed by atoms with Crippen LogP contribution in [0.1, 0.15) is 39.5 Å². The molecule has 2 aliphatic rings. The lowest BCUT2D eigenvalue weighted by atomic mass is 10.1. The Balaban J connectivity index is 1.99. The molecule has 1 amide bonds. The van der Waals surface area contributed by atoms with Gasteiger partial charge in [-0.25, -0.2) is 0 Å². The van der Waals surface area contributed by atoms with Gasteiger partial charge in [-0.05, 0) is 32.2 Å². The molecule has 2 fully saturated rings. The van der Waals surface area contributed by atoms with Gasteiger partial charge in [0.2, 0.25) is 5.91 Å². The number of hydrogen-bond acceptors (Lipinski definition) is 3. The minimum Gasteiger partial charge on any atom is -0.339 e. The lowest BCUT2D eigenvalue weighted by Crippen LogP contribution is -2.54. The Hall–Kier alpha value is -0.610. The summed E-state index contributed by atoms with van der Waals surface area (Å²) in [6.07, 6.45) is 4.54. The van der Waals surface area contributed by atoms with Gasteiger partial charge in [0.1, 0.15) is 0 Å². The molecule has 4 nitrogen and oxygen atoms in total.